The van der Waals surface area contributed by atoms with E-state index in [2.05, 4.69) is 49.6 Å². The minimum atomic E-state index is -0.281. The van der Waals surface area contributed by atoms with Crippen LogP contribution in [0.4, 0.5) is 4.79 Å². The number of aromatic nitrogens is 4. The first-order valence-electron chi connectivity index (χ1n) is 11.5. The van der Waals surface area contributed by atoms with Crippen molar-refractivity contribution in [3.05, 3.63) is 48.0 Å². The van der Waals surface area contributed by atoms with Crippen LogP contribution in [-0.2, 0) is 22.6 Å². The molecule has 0 N–H and O–H groups in total. The molecule has 8 nitrogen and oxygen atoms in total. The molecule has 1 fully saturated rings. The number of likely N-dealkylation sites (tertiary alicyclic amines) is 1. The van der Waals surface area contributed by atoms with Crippen molar-refractivity contribution in [3.63, 3.8) is 0 Å². The Morgan fingerprint density at radius 3 is 2.74 bits per heavy atom. The number of nitrogens with zero attached hydrogens (tertiary/aromatic N) is 5. The van der Waals surface area contributed by atoms with E-state index in [1.165, 1.54) is 0 Å². The van der Waals surface area contributed by atoms with Gasteiger partial charge in [0.2, 0.25) is 0 Å². The van der Waals surface area contributed by atoms with E-state index in [-0.39, 0.29) is 12.7 Å². The predicted octanol–water partition coefficient (Wildman–Crippen LogP) is 2.06. The number of hydrogen-bond acceptors (Lipinski definition) is 6. The number of terminal acetylenes is 1. The normalized spacial score (nSPS) is 13.8. The second kappa shape index (κ2) is 12.4. The maximum absolute atomic E-state index is 12.3. The van der Waals surface area contributed by atoms with Gasteiger partial charge in [-0.05, 0) is 5.56 Å². The van der Waals surface area contributed by atoms with Gasteiger partial charge in [-0.3, -0.25) is 0 Å². The van der Waals surface area contributed by atoms with E-state index >= 15 is 0 Å². The molecule has 1 amide bonds. The van der Waals surface area contributed by atoms with E-state index < -0.39 is 0 Å². The van der Waals surface area contributed by atoms with Crippen LogP contribution in [0.25, 0.3) is 11.2 Å². The van der Waals surface area contributed by atoms with E-state index in [0.717, 1.165) is 29.3 Å². The van der Waals surface area contributed by atoms with Crippen LogP contribution in [-0.4, -0.2) is 73.7 Å². The zero-order chi connectivity index (χ0) is 24.5. The van der Waals surface area contributed by atoms with Crippen molar-refractivity contribution >= 4 is 38.6 Å². The van der Waals surface area contributed by atoms with Crippen molar-refractivity contribution in [3.8, 4) is 24.2 Å². The van der Waals surface area contributed by atoms with Gasteiger partial charge in [-0.25, -0.2) is 0 Å². The molecule has 0 bridgehead atoms. The van der Waals surface area contributed by atoms with Crippen LogP contribution in [0.15, 0.2) is 36.7 Å². The fourth-order valence-corrected chi connectivity index (χ4v) is 4.37. The SMILES string of the molecule is C#CCn1cnc2c([As])nc(C#CCC3CCN(C(=O)OCCOCc4ccccc4)CC3)nc21. The number of imidazole rings is 1. The second-order valence-corrected chi connectivity index (χ2v) is 9.10. The summed E-state index contributed by atoms with van der Waals surface area (Å²) in [6.45, 7) is 2.87. The summed E-state index contributed by atoms with van der Waals surface area (Å²) in [7, 11) is 0. The van der Waals surface area contributed by atoms with Gasteiger partial charge in [0.1, 0.15) is 6.61 Å². The van der Waals surface area contributed by atoms with E-state index in [1.54, 1.807) is 11.2 Å². The Morgan fingerprint density at radius 2 is 1.97 bits per heavy atom. The molecule has 0 atom stereocenters. The number of carbonyl (C=O) groups is 1. The van der Waals surface area contributed by atoms with Gasteiger partial charge in [0.15, 0.2) is 0 Å². The molecule has 178 valence electrons. The minimum absolute atomic E-state index is 0.250. The molecule has 3 aromatic rings. The molecule has 3 heterocycles. The van der Waals surface area contributed by atoms with Crippen LogP contribution >= 0.6 is 0 Å². The zero-order valence-electron chi connectivity index (χ0n) is 19.4. The molecule has 0 unspecified atom stereocenters. The van der Waals surface area contributed by atoms with Crippen LogP contribution in [0, 0.1) is 30.1 Å². The van der Waals surface area contributed by atoms with Gasteiger partial charge in [0.25, 0.3) is 0 Å². The first-order valence-corrected chi connectivity index (χ1v) is 12.5. The summed E-state index contributed by atoms with van der Waals surface area (Å²) < 4.78 is 13.5. The molecule has 2 radical (unpaired) electrons. The van der Waals surface area contributed by atoms with Crippen LogP contribution in [0.1, 0.15) is 30.7 Å². The van der Waals surface area contributed by atoms with E-state index in [1.807, 2.05) is 34.9 Å². The van der Waals surface area contributed by atoms with Crippen LogP contribution in [0.5, 0.6) is 0 Å². The van der Waals surface area contributed by atoms with Gasteiger partial charge >= 0.3 is 154 Å². The summed E-state index contributed by atoms with van der Waals surface area (Å²) in [4.78, 5) is 27.3. The molecular weight excluding hydrogens is 505 g/mol. The van der Waals surface area contributed by atoms with Crippen molar-refractivity contribution in [1.29, 1.82) is 0 Å². The first-order chi connectivity index (χ1) is 17.1. The third kappa shape index (κ3) is 6.85. The van der Waals surface area contributed by atoms with Crippen molar-refractivity contribution in [2.45, 2.75) is 32.4 Å². The molecule has 1 aliphatic rings. The number of carbonyl (C=O) groups excluding carboxylic acids is 1. The monoisotopic (exact) mass is 531 g/mol. The fourth-order valence-electron chi connectivity index (χ4n) is 3.84. The van der Waals surface area contributed by atoms with Gasteiger partial charge < -0.3 is 4.74 Å². The molecule has 0 aliphatic carbocycles. The third-order valence-corrected chi connectivity index (χ3v) is 6.39. The first kappa shape index (κ1) is 24.8. The van der Waals surface area contributed by atoms with Gasteiger partial charge in [-0.2, -0.15) is 0 Å². The molecule has 1 aromatic carbocycles. The predicted molar refractivity (Wildman–Crippen MR) is 133 cm³/mol. The summed E-state index contributed by atoms with van der Waals surface area (Å²) in [5.74, 6) is 9.77. The van der Waals surface area contributed by atoms with Gasteiger partial charge in [0, 0.05) is 0 Å². The van der Waals surface area contributed by atoms with Crippen molar-refractivity contribution < 1.29 is 14.3 Å². The Balaban J connectivity index is 1.18. The molecular formula is C26H26AsN5O3. The number of rotatable bonds is 7. The van der Waals surface area contributed by atoms with Gasteiger partial charge in [-0.15, -0.1) is 0 Å². The van der Waals surface area contributed by atoms with Crippen molar-refractivity contribution in [1.82, 2.24) is 24.4 Å². The van der Waals surface area contributed by atoms with Gasteiger partial charge in [0.05, 0.1) is 13.2 Å². The number of piperidine rings is 1. The summed E-state index contributed by atoms with van der Waals surface area (Å²) in [5, 5.41) is 0. The number of amides is 1. The molecule has 9 heteroatoms. The standard InChI is InChI=1S/C26H26AsN5O3/c1-2-13-32-19-28-23-24(27)29-22(30-25(23)32)10-6-9-20-11-14-31(15-12-20)26(33)35-17-16-34-18-21-7-4-3-5-8-21/h1,3-5,7-8,19-20H,9,11-18H2. The topological polar surface area (TPSA) is 82.4 Å². The Kier molecular flexibility index (Phi) is 8.78. The number of fused-ring (bicyclic) bond motifs is 1. The molecule has 0 saturated carbocycles. The Morgan fingerprint density at radius 1 is 1.17 bits per heavy atom. The second-order valence-electron chi connectivity index (χ2n) is 8.21. The van der Waals surface area contributed by atoms with Crippen molar-refractivity contribution in [2.75, 3.05) is 26.3 Å². The number of ether oxygens (including phenoxy) is 2. The van der Waals surface area contributed by atoms with Crippen molar-refractivity contribution in [2.24, 2.45) is 5.92 Å². The Bertz CT molecular complexity index is 1250. The molecule has 35 heavy (non-hydrogen) atoms. The van der Waals surface area contributed by atoms with Gasteiger partial charge in [-0.1, -0.05) is 30.3 Å². The quantitative estimate of drug-likeness (QED) is 0.264. The van der Waals surface area contributed by atoms with Crippen LogP contribution < -0.4 is 4.48 Å². The summed E-state index contributed by atoms with van der Waals surface area (Å²) in [6, 6.07) is 9.92. The summed E-state index contributed by atoms with van der Waals surface area (Å²) in [6.07, 6.45) is 9.32. The average molecular weight is 531 g/mol. The zero-order valence-corrected chi connectivity index (χ0v) is 21.3. The third-order valence-electron chi connectivity index (χ3n) is 5.74. The summed E-state index contributed by atoms with van der Waals surface area (Å²) in [5.41, 5.74) is 2.50. The van der Waals surface area contributed by atoms with E-state index in [9.17, 15) is 4.79 Å². The molecule has 1 saturated heterocycles. The average Bonchev–Trinajstić information content (AvgIpc) is 3.28. The van der Waals surface area contributed by atoms with E-state index in [0.29, 0.717) is 55.8 Å². The Hall–Kier alpha value is -3.32. The van der Waals surface area contributed by atoms with Crippen LogP contribution in [0.3, 0.4) is 0 Å². The maximum atomic E-state index is 12.3. The molecule has 4 rings (SSSR count). The van der Waals surface area contributed by atoms with E-state index in [4.69, 9.17) is 15.9 Å². The molecule has 2 aromatic heterocycles. The summed E-state index contributed by atoms with van der Waals surface area (Å²) >= 11 is 2.41. The number of hydrogen-bond donors (Lipinski definition) is 0. The molecule has 1 aliphatic heterocycles. The fraction of sp³-hybridized carbons (Fsp3) is 0.385. The Labute approximate surface area is 213 Å². The van der Waals surface area contributed by atoms with Crippen LogP contribution in [0.2, 0.25) is 0 Å². The molecule has 0 spiro atoms. The number of benzene rings is 1.